The van der Waals surface area contributed by atoms with Gasteiger partial charge < -0.3 is 20.1 Å². The number of nitrogens with zero attached hydrogens (tertiary/aromatic N) is 1. The number of amides is 2. The summed E-state index contributed by atoms with van der Waals surface area (Å²) in [5.41, 5.74) is 4.40. The normalized spacial score (nSPS) is 20.4. The number of ether oxygens (including phenoxy) is 1. The first-order chi connectivity index (χ1) is 15.4. The van der Waals surface area contributed by atoms with Gasteiger partial charge in [-0.3, -0.25) is 9.59 Å². The van der Waals surface area contributed by atoms with E-state index >= 15 is 0 Å². The van der Waals surface area contributed by atoms with Gasteiger partial charge in [-0.25, -0.2) is 4.79 Å². The van der Waals surface area contributed by atoms with Crippen molar-refractivity contribution in [2.75, 3.05) is 13.2 Å². The van der Waals surface area contributed by atoms with E-state index in [0.717, 1.165) is 28.7 Å². The summed E-state index contributed by atoms with van der Waals surface area (Å²) in [4.78, 5) is 38.5. The number of hydrogen-bond donors (Lipinski definition) is 2. The standard InChI is InChI=1S/C25H28N2O5/c1-15-11-12-27(16(15)2)24(30)22(13-23(28)29)26-25(31)32-14-21-19-9-5-3-7-17(19)18-8-4-6-10-20(18)21/h3-10,15-16,21-22H,11-14H2,1-2H3,(H,26,31)(H,28,29). The van der Waals surface area contributed by atoms with Crippen molar-refractivity contribution in [3.05, 3.63) is 59.7 Å². The third-order valence-electron chi connectivity index (χ3n) is 6.74. The third kappa shape index (κ3) is 4.20. The summed E-state index contributed by atoms with van der Waals surface area (Å²) in [6, 6.07) is 14.9. The van der Waals surface area contributed by atoms with E-state index < -0.39 is 24.5 Å². The van der Waals surface area contributed by atoms with E-state index in [1.54, 1.807) is 4.90 Å². The molecule has 1 fully saturated rings. The quantitative estimate of drug-likeness (QED) is 0.721. The predicted molar refractivity (Wildman–Crippen MR) is 119 cm³/mol. The number of aliphatic carboxylic acids is 1. The predicted octanol–water partition coefficient (Wildman–Crippen LogP) is 3.63. The number of likely N-dealkylation sites (tertiary alicyclic amines) is 1. The Balaban J connectivity index is 1.44. The Kier molecular flexibility index (Phi) is 6.17. The molecule has 2 aromatic rings. The molecule has 1 heterocycles. The minimum absolute atomic E-state index is 0.00288. The Bertz CT molecular complexity index is 991. The number of carbonyl (C=O) groups excluding carboxylic acids is 2. The van der Waals surface area contributed by atoms with Crippen LogP contribution in [-0.4, -0.2) is 53.2 Å². The fourth-order valence-corrected chi connectivity index (χ4v) is 4.76. The number of carbonyl (C=O) groups is 3. The highest BCUT2D eigenvalue weighted by Gasteiger charge is 2.36. The SMILES string of the molecule is CC1CCN(C(=O)C(CC(=O)O)NC(=O)OCC2c3ccccc3-c3ccccc32)C1C. The molecule has 0 bridgehead atoms. The topological polar surface area (TPSA) is 95.9 Å². The first kappa shape index (κ1) is 21.9. The number of benzene rings is 2. The first-order valence-electron chi connectivity index (χ1n) is 11.0. The maximum Gasteiger partial charge on any atom is 0.407 e. The van der Waals surface area contributed by atoms with Crippen LogP contribution in [0.1, 0.15) is 43.7 Å². The molecule has 0 radical (unpaired) electrons. The highest BCUT2D eigenvalue weighted by molar-refractivity contribution is 5.89. The summed E-state index contributed by atoms with van der Waals surface area (Å²) in [5.74, 6) is -1.31. The van der Waals surface area contributed by atoms with Gasteiger partial charge in [0.2, 0.25) is 5.91 Å². The molecule has 2 aromatic carbocycles. The van der Waals surface area contributed by atoms with Crippen LogP contribution >= 0.6 is 0 Å². The lowest BCUT2D eigenvalue weighted by Crippen LogP contribution is -2.51. The Morgan fingerprint density at radius 1 is 1.06 bits per heavy atom. The summed E-state index contributed by atoms with van der Waals surface area (Å²) in [6.07, 6.45) is -0.412. The van der Waals surface area contributed by atoms with Crippen LogP contribution in [0.3, 0.4) is 0 Å². The van der Waals surface area contributed by atoms with Gasteiger partial charge in [0.15, 0.2) is 0 Å². The zero-order valence-electron chi connectivity index (χ0n) is 18.3. The van der Waals surface area contributed by atoms with Gasteiger partial charge in [0.25, 0.3) is 0 Å². The number of rotatable bonds is 6. The molecular weight excluding hydrogens is 408 g/mol. The molecule has 1 saturated heterocycles. The van der Waals surface area contributed by atoms with Crippen LogP contribution in [0.5, 0.6) is 0 Å². The van der Waals surface area contributed by atoms with E-state index in [-0.39, 0.29) is 24.5 Å². The van der Waals surface area contributed by atoms with Crippen molar-refractivity contribution in [2.24, 2.45) is 5.92 Å². The fraction of sp³-hybridized carbons (Fsp3) is 0.400. The maximum atomic E-state index is 13.0. The number of carboxylic acid groups (broad SMARTS) is 1. The summed E-state index contributed by atoms with van der Waals surface area (Å²) in [7, 11) is 0. The van der Waals surface area contributed by atoms with Crippen LogP contribution in [0, 0.1) is 5.92 Å². The Morgan fingerprint density at radius 2 is 1.66 bits per heavy atom. The highest BCUT2D eigenvalue weighted by Crippen LogP contribution is 2.44. The summed E-state index contributed by atoms with van der Waals surface area (Å²) < 4.78 is 5.50. The molecule has 3 atom stereocenters. The number of nitrogens with one attached hydrogen (secondary N) is 1. The van der Waals surface area contributed by atoms with Gasteiger partial charge in [-0.15, -0.1) is 0 Å². The molecule has 3 unspecified atom stereocenters. The molecule has 0 spiro atoms. The fourth-order valence-electron chi connectivity index (χ4n) is 4.76. The van der Waals surface area contributed by atoms with E-state index in [1.165, 1.54) is 0 Å². The van der Waals surface area contributed by atoms with Crippen molar-refractivity contribution in [3.63, 3.8) is 0 Å². The van der Waals surface area contributed by atoms with Gasteiger partial charge in [-0.2, -0.15) is 0 Å². The second kappa shape index (κ2) is 9.02. The Morgan fingerprint density at radius 3 is 2.19 bits per heavy atom. The van der Waals surface area contributed by atoms with Gasteiger partial charge >= 0.3 is 12.1 Å². The van der Waals surface area contributed by atoms with Crippen LogP contribution in [0.15, 0.2) is 48.5 Å². The molecule has 0 saturated carbocycles. The number of fused-ring (bicyclic) bond motifs is 3. The lowest BCUT2D eigenvalue weighted by Gasteiger charge is -2.28. The van der Waals surface area contributed by atoms with Crippen molar-refractivity contribution in [1.82, 2.24) is 10.2 Å². The van der Waals surface area contributed by atoms with Crippen molar-refractivity contribution in [3.8, 4) is 11.1 Å². The van der Waals surface area contributed by atoms with E-state index in [2.05, 4.69) is 12.2 Å². The van der Waals surface area contributed by atoms with Crippen molar-refractivity contribution < 1.29 is 24.2 Å². The molecule has 7 heteroatoms. The minimum Gasteiger partial charge on any atom is -0.481 e. The smallest absolute Gasteiger partial charge is 0.407 e. The van der Waals surface area contributed by atoms with Crippen LogP contribution in [0.4, 0.5) is 4.79 Å². The van der Waals surface area contributed by atoms with Gasteiger partial charge in [-0.1, -0.05) is 55.5 Å². The lowest BCUT2D eigenvalue weighted by molar-refractivity contribution is -0.142. The van der Waals surface area contributed by atoms with Gasteiger partial charge in [-0.05, 0) is 41.5 Å². The molecule has 168 valence electrons. The van der Waals surface area contributed by atoms with Gasteiger partial charge in [0.05, 0.1) is 6.42 Å². The van der Waals surface area contributed by atoms with Crippen LogP contribution in [0.25, 0.3) is 11.1 Å². The zero-order valence-corrected chi connectivity index (χ0v) is 18.3. The average molecular weight is 437 g/mol. The first-order valence-corrected chi connectivity index (χ1v) is 11.0. The average Bonchev–Trinajstić information content (AvgIpc) is 3.28. The molecular formula is C25H28N2O5. The van der Waals surface area contributed by atoms with Crippen molar-refractivity contribution >= 4 is 18.0 Å². The minimum atomic E-state index is -1.16. The summed E-state index contributed by atoms with van der Waals surface area (Å²) >= 11 is 0. The molecule has 1 aliphatic heterocycles. The van der Waals surface area contributed by atoms with Gasteiger partial charge in [0.1, 0.15) is 12.6 Å². The molecule has 2 aliphatic rings. The van der Waals surface area contributed by atoms with E-state index in [4.69, 9.17) is 4.74 Å². The van der Waals surface area contributed by atoms with E-state index in [9.17, 15) is 19.5 Å². The third-order valence-corrected chi connectivity index (χ3v) is 6.74. The second-order valence-corrected chi connectivity index (χ2v) is 8.66. The number of carboxylic acids is 1. The summed E-state index contributed by atoms with van der Waals surface area (Å²) in [6.45, 7) is 4.67. The second-order valence-electron chi connectivity index (χ2n) is 8.66. The van der Waals surface area contributed by atoms with Crippen LogP contribution in [0.2, 0.25) is 0 Å². The molecule has 4 rings (SSSR count). The molecule has 0 aromatic heterocycles. The maximum absolute atomic E-state index is 13.0. The van der Waals surface area contributed by atoms with Crippen LogP contribution < -0.4 is 5.32 Å². The summed E-state index contributed by atoms with van der Waals surface area (Å²) in [5, 5.41) is 11.8. The van der Waals surface area contributed by atoms with Crippen molar-refractivity contribution in [1.29, 1.82) is 0 Å². The van der Waals surface area contributed by atoms with E-state index in [1.807, 2.05) is 55.5 Å². The van der Waals surface area contributed by atoms with E-state index in [0.29, 0.717) is 12.5 Å². The molecule has 32 heavy (non-hydrogen) atoms. The van der Waals surface area contributed by atoms with Crippen LogP contribution in [-0.2, 0) is 14.3 Å². The Hall–Kier alpha value is -3.35. The molecule has 1 aliphatic carbocycles. The molecule has 2 amide bonds. The molecule has 7 nitrogen and oxygen atoms in total. The number of hydrogen-bond acceptors (Lipinski definition) is 4. The highest BCUT2D eigenvalue weighted by atomic mass is 16.5. The molecule has 2 N–H and O–H groups in total. The number of alkyl carbamates (subject to hydrolysis) is 1. The lowest BCUT2D eigenvalue weighted by atomic mass is 9.98. The van der Waals surface area contributed by atoms with Crippen molar-refractivity contribution in [2.45, 2.75) is 44.7 Å². The zero-order chi connectivity index (χ0) is 22.8. The monoisotopic (exact) mass is 436 g/mol. The largest absolute Gasteiger partial charge is 0.481 e. The van der Waals surface area contributed by atoms with Gasteiger partial charge in [0, 0.05) is 18.5 Å². The Labute approximate surface area is 187 Å².